The standard InChI is InChI=1S/C18H22N2OS/c1-14-11-15(2)13-16(12-14)22(21)18-6-4-3-5-17(18)20-9-7-19-8-10-20/h3-6,11-13,19H,7-10H2,1-2H3. The van der Waals surface area contributed by atoms with Crippen molar-refractivity contribution < 1.29 is 4.21 Å². The Balaban J connectivity index is 1.98. The molecule has 0 bridgehead atoms. The van der Waals surface area contributed by atoms with Gasteiger partial charge in [0.05, 0.1) is 21.4 Å². The SMILES string of the molecule is Cc1cc(C)cc(S(=O)c2ccccc2N2CCNCC2)c1. The molecule has 1 aliphatic rings. The van der Waals surface area contributed by atoms with Crippen LogP contribution in [0.5, 0.6) is 0 Å². The van der Waals surface area contributed by atoms with Gasteiger partial charge < -0.3 is 10.2 Å². The second kappa shape index (κ2) is 6.63. The molecular formula is C18H22N2OS. The van der Waals surface area contributed by atoms with Crippen molar-refractivity contribution in [2.24, 2.45) is 0 Å². The van der Waals surface area contributed by atoms with Gasteiger partial charge in [-0.05, 0) is 49.2 Å². The molecule has 1 unspecified atom stereocenters. The predicted octanol–water partition coefficient (Wildman–Crippen LogP) is 2.88. The van der Waals surface area contributed by atoms with Gasteiger partial charge in [0, 0.05) is 31.1 Å². The van der Waals surface area contributed by atoms with E-state index in [2.05, 4.69) is 36.2 Å². The van der Waals surface area contributed by atoms with E-state index in [-0.39, 0.29) is 0 Å². The summed E-state index contributed by atoms with van der Waals surface area (Å²) in [6, 6.07) is 14.2. The lowest BCUT2D eigenvalue weighted by atomic mass is 10.2. The third-order valence-electron chi connectivity index (χ3n) is 3.93. The summed E-state index contributed by atoms with van der Waals surface area (Å²) in [7, 11) is -1.14. The molecule has 0 aliphatic carbocycles. The van der Waals surface area contributed by atoms with Gasteiger partial charge in [-0.25, -0.2) is 4.21 Å². The van der Waals surface area contributed by atoms with Crippen LogP contribution in [0.2, 0.25) is 0 Å². The molecule has 4 heteroatoms. The summed E-state index contributed by atoms with van der Waals surface area (Å²) in [6.07, 6.45) is 0. The van der Waals surface area contributed by atoms with E-state index in [0.29, 0.717) is 0 Å². The summed E-state index contributed by atoms with van der Waals surface area (Å²) in [6.45, 7) is 7.98. The normalized spacial score (nSPS) is 16.5. The van der Waals surface area contributed by atoms with Crippen molar-refractivity contribution in [3.8, 4) is 0 Å². The maximum absolute atomic E-state index is 13.1. The highest BCUT2D eigenvalue weighted by molar-refractivity contribution is 7.85. The van der Waals surface area contributed by atoms with Crippen molar-refractivity contribution in [2.45, 2.75) is 23.6 Å². The maximum Gasteiger partial charge on any atom is 0.0870 e. The number of hydrogen-bond donors (Lipinski definition) is 1. The zero-order chi connectivity index (χ0) is 15.5. The molecule has 1 aliphatic heterocycles. The van der Waals surface area contributed by atoms with Gasteiger partial charge in [-0.15, -0.1) is 0 Å². The minimum atomic E-state index is -1.14. The maximum atomic E-state index is 13.1. The van der Waals surface area contributed by atoms with Gasteiger partial charge >= 0.3 is 0 Å². The first-order valence-corrected chi connectivity index (χ1v) is 8.85. The molecule has 0 aromatic heterocycles. The summed E-state index contributed by atoms with van der Waals surface area (Å²) in [4.78, 5) is 4.13. The van der Waals surface area contributed by atoms with Crippen LogP contribution in [0.3, 0.4) is 0 Å². The summed E-state index contributed by atoms with van der Waals surface area (Å²) >= 11 is 0. The van der Waals surface area contributed by atoms with Crippen LogP contribution in [-0.4, -0.2) is 30.4 Å². The van der Waals surface area contributed by atoms with Crippen LogP contribution in [0.4, 0.5) is 5.69 Å². The summed E-state index contributed by atoms with van der Waals surface area (Å²) < 4.78 is 13.1. The number of anilines is 1. The molecule has 3 rings (SSSR count). The first-order valence-electron chi connectivity index (χ1n) is 7.70. The lowest BCUT2D eigenvalue weighted by Gasteiger charge is -2.30. The number of nitrogens with zero attached hydrogens (tertiary/aromatic N) is 1. The highest BCUT2D eigenvalue weighted by Crippen LogP contribution is 2.28. The minimum Gasteiger partial charge on any atom is -0.368 e. The second-order valence-electron chi connectivity index (χ2n) is 5.80. The molecule has 0 amide bonds. The van der Waals surface area contributed by atoms with Crippen LogP contribution in [0.15, 0.2) is 52.3 Å². The first kappa shape index (κ1) is 15.3. The summed E-state index contributed by atoms with van der Waals surface area (Å²) in [5, 5.41) is 3.36. The number of nitrogens with one attached hydrogen (secondary N) is 1. The largest absolute Gasteiger partial charge is 0.368 e. The molecule has 22 heavy (non-hydrogen) atoms. The van der Waals surface area contributed by atoms with Gasteiger partial charge in [0.15, 0.2) is 0 Å². The molecule has 2 aromatic rings. The van der Waals surface area contributed by atoms with Crippen LogP contribution < -0.4 is 10.2 Å². The van der Waals surface area contributed by atoms with Crippen LogP contribution in [0, 0.1) is 13.8 Å². The smallest absolute Gasteiger partial charge is 0.0870 e. The van der Waals surface area contributed by atoms with E-state index in [1.807, 2.05) is 30.3 Å². The fourth-order valence-electron chi connectivity index (χ4n) is 2.95. The molecule has 3 nitrogen and oxygen atoms in total. The van der Waals surface area contributed by atoms with Crippen molar-refractivity contribution in [3.63, 3.8) is 0 Å². The van der Waals surface area contributed by atoms with E-state index in [1.54, 1.807) is 0 Å². The molecule has 0 saturated carbocycles. The number of para-hydroxylation sites is 1. The lowest BCUT2D eigenvalue weighted by molar-refractivity contribution is 0.586. The minimum absolute atomic E-state index is 0.889. The van der Waals surface area contributed by atoms with Gasteiger partial charge in [-0.2, -0.15) is 0 Å². The highest BCUT2D eigenvalue weighted by atomic mass is 32.2. The fourth-order valence-corrected chi connectivity index (χ4v) is 4.38. The van der Waals surface area contributed by atoms with Crippen LogP contribution in [-0.2, 0) is 10.8 Å². The molecule has 2 aromatic carbocycles. The molecular weight excluding hydrogens is 292 g/mol. The molecule has 0 spiro atoms. The van der Waals surface area contributed by atoms with E-state index in [0.717, 1.165) is 52.8 Å². The zero-order valence-electron chi connectivity index (χ0n) is 13.1. The van der Waals surface area contributed by atoms with E-state index < -0.39 is 10.8 Å². The molecule has 1 N–H and O–H groups in total. The topological polar surface area (TPSA) is 32.3 Å². The second-order valence-corrected chi connectivity index (χ2v) is 7.25. The molecule has 0 radical (unpaired) electrons. The van der Waals surface area contributed by atoms with Crippen molar-refractivity contribution in [2.75, 3.05) is 31.1 Å². The van der Waals surface area contributed by atoms with Crippen LogP contribution >= 0.6 is 0 Å². The Morgan fingerprint density at radius 3 is 2.32 bits per heavy atom. The Hall–Kier alpha value is -1.65. The molecule has 1 heterocycles. The Labute approximate surface area is 134 Å². The van der Waals surface area contributed by atoms with Crippen LogP contribution in [0.25, 0.3) is 0 Å². The lowest BCUT2D eigenvalue weighted by Crippen LogP contribution is -2.43. The van der Waals surface area contributed by atoms with Gasteiger partial charge in [-0.1, -0.05) is 18.2 Å². The molecule has 1 fully saturated rings. The van der Waals surface area contributed by atoms with Crippen LogP contribution in [0.1, 0.15) is 11.1 Å². The molecule has 116 valence electrons. The van der Waals surface area contributed by atoms with Gasteiger partial charge in [0.25, 0.3) is 0 Å². The van der Waals surface area contributed by atoms with Gasteiger partial charge in [-0.3, -0.25) is 0 Å². The fraction of sp³-hybridized carbons (Fsp3) is 0.333. The van der Waals surface area contributed by atoms with Crippen molar-refractivity contribution >= 4 is 16.5 Å². The number of benzene rings is 2. The van der Waals surface area contributed by atoms with E-state index in [9.17, 15) is 4.21 Å². The summed E-state index contributed by atoms with van der Waals surface area (Å²) in [5.41, 5.74) is 3.41. The number of aryl methyl sites for hydroxylation is 2. The highest BCUT2D eigenvalue weighted by Gasteiger charge is 2.18. The Morgan fingerprint density at radius 1 is 1.00 bits per heavy atom. The average Bonchev–Trinajstić information content (AvgIpc) is 2.54. The average molecular weight is 314 g/mol. The summed E-state index contributed by atoms with van der Waals surface area (Å²) in [5.74, 6) is 0. The monoisotopic (exact) mass is 314 g/mol. The van der Waals surface area contributed by atoms with Crippen molar-refractivity contribution in [3.05, 3.63) is 53.6 Å². The Kier molecular flexibility index (Phi) is 4.60. The first-order chi connectivity index (χ1) is 10.6. The van der Waals surface area contributed by atoms with Crippen molar-refractivity contribution in [1.29, 1.82) is 0 Å². The van der Waals surface area contributed by atoms with E-state index in [4.69, 9.17) is 0 Å². The van der Waals surface area contributed by atoms with Crippen molar-refractivity contribution in [1.82, 2.24) is 5.32 Å². The zero-order valence-corrected chi connectivity index (χ0v) is 14.0. The number of hydrogen-bond acceptors (Lipinski definition) is 3. The third-order valence-corrected chi connectivity index (χ3v) is 5.34. The number of rotatable bonds is 3. The van der Waals surface area contributed by atoms with Gasteiger partial charge in [0.2, 0.25) is 0 Å². The van der Waals surface area contributed by atoms with E-state index in [1.165, 1.54) is 0 Å². The van der Waals surface area contributed by atoms with Gasteiger partial charge in [0.1, 0.15) is 0 Å². The third kappa shape index (κ3) is 3.23. The Morgan fingerprint density at radius 2 is 1.64 bits per heavy atom. The molecule has 1 atom stereocenters. The number of piperazine rings is 1. The Bertz CT molecular complexity index is 673. The molecule has 1 saturated heterocycles. The quantitative estimate of drug-likeness (QED) is 0.945. The predicted molar refractivity (Wildman–Crippen MR) is 92.1 cm³/mol. The van der Waals surface area contributed by atoms with E-state index >= 15 is 0 Å².